The summed E-state index contributed by atoms with van der Waals surface area (Å²) in [4.78, 5) is 9.07. The predicted molar refractivity (Wildman–Crippen MR) is 43.6 cm³/mol. The van der Waals surface area contributed by atoms with E-state index in [0.717, 1.165) is 0 Å². The monoisotopic (exact) mass is 176 g/mol. The van der Waals surface area contributed by atoms with Crippen molar-refractivity contribution in [2.24, 2.45) is 0 Å². The van der Waals surface area contributed by atoms with Crippen molar-refractivity contribution in [3.63, 3.8) is 0 Å². The van der Waals surface area contributed by atoms with Crippen LogP contribution in [0.3, 0.4) is 0 Å². The third-order valence-electron chi connectivity index (χ3n) is 0.796. The van der Waals surface area contributed by atoms with Crippen LogP contribution in [0, 0.1) is 11.3 Å². The van der Waals surface area contributed by atoms with Gasteiger partial charge in [-0.1, -0.05) is 0 Å². The van der Waals surface area contributed by atoms with E-state index < -0.39 is 8.53 Å². The van der Waals surface area contributed by atoms with Crippen molar-refractivity contribution >= 4 is 8.53 Å². The van der Waals surface area contributed by atoms with Crippen LogP contribution in [0.1, 0.15) is 20.3 Å². The van der Waals surface area contributed by atoms with Crippen molar-refractivity contribution in [2.75, 3.05) is 6.61 Å². The SMILES string of the molecule is CC(C)NP(O)OCCC#N. The van der Waals surface area contributed by atoms with Gasteiger partial charge in [0.25, 0.3) is 8.53 Å². The predicted octanol–water partition coefficient (Wildman–Crippen LogP) is 1.13. The van der Waals surface area contributed by atoms with E-state index in [0.29, 0.717) is 13.0 Å². The van der Waals surface area contributed by atoms with Crippen molar-refractivity contribution in [3.05, 3.63) is 0 Å². The minimum Gasteiger partial charge on any atom is -0.338 e. The molecule has 0 amide bonds. The third kappa shape index (κ3) is 7.70. The van der Waals surface area contributed by atoms with Crippen LogP contribution in [-0.2, 0) is 4.52 Å². The van der Waals surface area contributed by atoms with Gasteiger partial charge in [-0.25, -0.2) is 5.09 Å². The van der Waals surface area contributed by atoms with Crippen molar-refractivity contribution in [1.82, 2.24) is 5.09 Å². The maximum Gasteiger partial charge on any atom is 0.253 e. The minimum absolute atomic E-state index is 0.202. The first-order valence-electron chi connectivity index (χ1n) is 3.42. The quantitative estimate of drug-likeness (QED) is 0.487. The van der Waals surface area contributed by atoms with Gasteiger partial charge in [0.2, 0.25) is 0 Å². The van der Waals surface area contributed by atoms with E-state index in [-0.39, 0.29) is 6.04 Å². The van der Waals surface area contributed by atoms with Crippen molar-refractivity contribution in [2.45, 2.75) is 26.3 Å². The highest BCUT2D eigenvalue weighted by Crippen LogP contribution is 2.26. The molecular formula is C6H13N2O2P. The summed E-state index contributed by atoms with van der Waals surface area (Å²) in [6.07, 6.45) is 0.319. The summed E-state index contributed by atoms with van der Waals surface area (Å²) in [6.45, 7) is 4.12. The Morgan fingerprint density at radius 3 is 2.82 bits per heavy atom. The summed E-state index contributed by atoms with van der Waals surface area (Å²) in [5.74, 6) is 0. The molecule has 11 heavy (non-hydrogen) atoms. The number of hydrogen-bond acceptors (Lipinski definition) is 4. The highest BCUT2D eigenvalue weighted by atomic mass is 31.2. The van der Waals surface area contributed by atoms with Crippen LogP contribution in [0.2, 0.25) is 0 Å². The first-order valence-corrected chi connectivity index (χ1v) is 4.63. The van der Waals surface area contributed by atoms with Gasteiger partial charge < -0.3 is 9.42 Å². The lowest BCUT2D eigenvalue weighted by Crippen LogP contribution is -2.17. The Labute approximate surface area is 68.1 Å². The van der Waals surface area contributed by atoms with Crippen LogP contribution in [0.25, 0.3) is 0 Å². The Morgan fingerprint density at radius 1 is 1.73 bits per heavy atom. The van der Waals surface area contributed by atoms with Gasteiger partial charge in [-0.15, -0.1) is 0 Å². The van der Waals surface area contributed by atoms with Crippen LogP contribution in [0.5, 0.6) is 0 Å². The van der Waals surface area contributed by atoms with Gasteiger partial charge in [0, 0.05) is 6.04 Å². The van der Waals surface area contributed by atoms with Crippen LogP contribution < -0.4 is 5.09 Å². The fourth-order valence-electron chi connectivity index (χ4n) is 0.436. The fraction of sp³-hybridized carbons (Fsp3) is 0.833. The van der Waals surface area contributed by atoms with Crippen LogP contribution in [0.15, 0.2) is 0 Å². The standard InChI is InChI=1S/C6H13N2O2P/c1-6(2)8-11(9)10-5-3-4-7/h6,8-9H,3,5H2,1-2H3. The average Bonchev–Trinajstić information content (AvgIpc) is 1.86. The Kier molecular flexibility index (Phi) is 6.39. The lowest BCUT2D eigenvalue weighted by atomic mass is 10.4. The summed E-state index contributed by atoms with van der Waals surface area (Å²) in [5.41, 5.74) is 0. The topological polar surface area (TPSA) is 65.3 Å². The van der Waals surface area contributed by atoms with E-state index in [2.05, 4.69) is 5.09 Å². The summed E-state index contributed by atoms with van der Waals surface area (Å²) < 4.78 is 4.88. The maximum absolute atomic E-state index is 9.07. The second-order valence-electron chi connectivity index (χ2n) is 2.30. The molecule has 0 radical (unpaired) electrons. The van der Waals surface area contributed by atoms with E-state index >= 15 is 0 Å². The molecule has 0 bridgehead atoms. The molecule has 0 saturated carbocycles. The lowest BCUT2D eigenvalue weighted by Gasteiger charge is -2.13. The zero-order valence-electron chi connectivity index (χ0n) is 6.74. The smallest absolute Gasteiger partial charge is 0.253 e. The molecule has 1 unspecified atom stereocenters. The van der Waals surface area contributed by atoms with Gasteiger partial charge >= 0.3 is 0 Å². The molecule has 5 heteroatoms. The molecule has 0 aromatic heterocycles. The van der Waals surface area contributed by atoms with Crippen molar-refractivity contribution < 1.29 is 9.42 Å². The first-order chi connectivity index (χ1) is 5.16. The van der Waals surface area contributed by atoms with Gasteiger partial charge in [-0.05, 0) is 13.8 Å². The lowest BCUT2D eigenvalue weighted by molar-refractivity contribution is 0.306. The second kappa shape index (κ2) is 6.51. The molecule has 0 heterocycles. The highest BCUT2D eigenvalue weighted by molar-refractivity contribution is 7.43. The number of nitrogens with one attached hydrogen (secondary N) is 1. The van der Waals surface area contributed by atoms with E-state index in [1.165, 1.54) is 0 Å². The van der Waals surface area contributed by atoms with E-state index in [1.807, 2.05) is 19.9 Å². The van der Waals surface area contributed by atoms with Gasteiger partial charge in [-0.3, -0.25) is 0 Å². The zero-order chi connectivity index (χ0) is 8.69. The zero-order valence-corrected chi connectivity index (χ0v) is 7.64. The molecule has 2 N–H and O–H groups in total. The Bertz CT molecular complexity index is 135. The summed E-state index contributed by atoms with van der Waals surface area (Å²) >= 11 is 0. The molecule has 0 aromatic rings. The molecule has 64 valence electrons. The summed E-state index contributed by atoms with van der Waals surface area (Å²) in [5, 5.41) is 10.9. The molecule has 0 aliphatic heterocycles. The molecule has 0 fully saturated rings. The molecule has 0 spiro atoms. The number of hydrogen-bond donors (Lipinski definition) is 2. The molecule has 0 aliphatic rings. The van der Waals surface area contributed by atoms with Gasteiger partial charge in [0.1, 0.15) is 0 Å². The third-order valence-corrected chi connectivity index (χ3v) is 1.96. The number of rotatable bonds is 5. The largest absolute Gasteiger partial charge is 0.338 e. The number of nitriles is 1. The molecule has 0 aliphatic carbocycles. The number of nitrogens with zero attached hydrogens (tertiary/aromatic N) is 1. The molecular weight excluding hydrogens is 163 g/mol. The van der Waals surface area contributed by atoms with Gasteiger partial charge in [-0.2, -0.15) is 5.26 Å². The van der Waals surface area contributed by atoms with Crippen molar-refractivity contribution in [1.29, 1.82) is 5.26 Å². The maximum atomic E-state index is 9.07. The fourth-order valence-corrected chi connectivity index (χ4v) is 1.22. The first kappa shape index (κ1) is 10.8. The normalized spacial score (nSPS) is 13.0. The van der Waals surface area contributed by atoms with E-state index in [4.69, 9.17) is 14.7 Å². The summed E-state index contributed by atoms with van der Waals surface area (Å²) in [6, 6.07) is 2.12. The van der Waals surface area contributed by atoms with Crippen molar-refractivity contribution in [3.8, 4) is 6.07 Å². The Hall–Kier alpha value is -0.200. The van der Waals surface area contributed by atoms with Gasteiger partial charge in [0.05, 0.1) is 19.1 Å². The molecule has 0 saturated heterocycles. The molecule has 0 aromatic carbocycles. The van der Waals surface area contributed by atoms with E-state index in [9.17, 15) is 0 Å². The molecule has 1 atom stereocenters. The average molecular weight is 176 g/mol. The Morgan fingerprint density at radius 2 is 2.36 bits per heavy atom. The van der Waals surface area contributed by atoms with Crippen LogP contribution >= 0.6 is 8.53 Å². The minimum atomic E-state index is -1.53. The highest BCUT2D eigenvalue weighted by Gasteiger charge is 2.05. The summed E-state index contributed by atoms with van der Waals surface area (Å²) in [7, 11) is -1.53. The van der Waals surface area contributed by atoms with Crippen LogP contribution in [0.4, 0.5) is 0 Å². The Balaban J connectivity index is 3.24. The molecule has 0 rings (SSSR count). The second-order valence-corrected chi connectivity index (χ2v) is 3.36. The van der Waals surface area contributed by atoms with Gasteiger partial charge in [0.15, 0.2) is 0 Å². The molecule has 4 nitrogen and oxygen atoms in total. The van der Waals surface area contributed by atoms with E-state index in [1.54, 1.807) is 0 Å². The van der Waals surface area contributed by atoms with Crippen LogP contribution in [-0.4, -0.2) is 17.5 Å².